The van der Waals surface area contributed by atoms with Crippen molar-refractivity contribution in [1.29, 1.82) is 0 Å². The summed E-state index contributed by atoms with van der Waals surface area (Å²) < 4.78 is 0. The van der Waals surface area contributed by atoms with Gasteiger partial charge in [0, 0.05) is 12.6 Å². The maximum Gasteiger partial charge on any atom is 0.155 e. The largest absolute Gasteiger partial charge is 0.393 e. The van der Waals surface area contributed by atoms with Gasteiger partial charge in [0.1, 0.15) is 12.0 Å². The van der Waals surface area contributed by atoms with Crippen molar-refractivity contribution in [3.8, 4) is 0 Å². The van der Waals surface area contributed by atoms with E-state index < -0.39 is 0 Å². The summed E-state index contributed by atoms with van der Waals surface area (Å²) in [6.45, 7) is 3.22. The first-order valence-electron chi connectivity index (χ1n) is 13.4. The third-order valence-electron chi connectivity index (χ3n) is 6.65. The molecule has 31 heavy (non-hydrogen) atoms. The molecule has 1 aliphatic carbocycles. The smallest absolute Gasteiger partial charge is 0.155 e. The summed E-state index contributed by atoms with van der Waals surface area (Å²) in [5, 5.41) is 6.95. The molecule has 2 rings (SSSR count). The molecule has 0 radical (unpaired) electrons. The van der Waals surface area contributed by atoms with Crippen molar-refractivity contribution in [1.82, 2.24) is 9.97 Å². The summed E-state index contributed by atoms with van der Waals surface area (Å²) in [5.41, 5.74) is 6.98. The molecule has 0 spiro atoms. The predicted octanol–water partition coefficient (Wildman–Crippen LogP) is 7.70. The molecule has 4 N–H and O–H groups in total. The van der Waals surface area contributed by atoms with Crippen LogP contribution >= 0.6 is 0 Å². The standard InChI is InChI=1S/C26H49N5/c1-2-3-4-5-6-7-8-9-10-11-12-13-14-18-21-28-25-24(27)26(30-22-29-25)31-23-19-16-15-17-20-23/h22-23H,2-21,27H2,1H3,(H2,28,29,30,31). The molecule has 0 bridgehead atoms. The number of nitrogens with zero attached hydrogens (tertiary/aromatic N) is 2. The number of anilines is 3. The van der Waals surface area contributed by atoms with Crippen molar-refractivity contribution in [2.45, 2.75) is 135 Å². The highest BCUT2D eigenvalue weighted by atomic mass is 15.1. The average molecular weight is 432 g/mol. The highest BCUT2D eigenvalue weighted by molar-refractivity contribution is 5.74. The lowest BCUT2D eigenvalue weighted by atomic mass is 9.95. The number of nitrogen functional groups attached to an aromatic ring is 1. The average Bonchev–Trinajstić information content (AvgIpc) is 2.79. The maximum absolute atomic E-state index is 6.31. The first-order chi connectivity index (χ1) is 15.3. The summed E-state index contributed by atoms with van der Waals surface area (Å²) in [4.78, 5) is 8.72. The van der Waals surface area contributed by atoms with E-state index in [4.69, 9.17) is 5.73 Å². The van der Waals surface area contributed by atoms with Crippen molar-refractivity contribution in [3.63, 3.8) is 0 Å². The van der Waals surface area contributed by atoms with Gasteiger partial charge in [-0.2, -0.15) is 0 Å². The minimum atomic E-state index is 0.504. The van der Waals surface area contributed by atoms with Gasteiger partial charge in [0.15, 0.2) is 11.6 Å². The SMILES string of the molecule is CCCCCCCCCCCCCCCCNc1ncnc(NC2CCCCC2)c1N. The summed E-state index contributed by atoms with van der Waals surface area (Å²) in [6.07, 6.45) is 27.4. The van der Waals surface area contributed by atoms with E-state index in [-0.39, 0.29) is 0 Å². The molecule has 0 amide bonds. The fourth-order valence-electron chi connectivity index (χ4n) is 4.62. The van der Waals surface area contributed by atoms with Crippen molar-refractivity contribution in [2.24, 2.45) is 0 Å². The van der Waals surface area contributed by atoms with Crippen LogP contribution in [0.1, 0.15) is 129 Å². The van der Waals surface area contributed by atoms with E-state index in [0.717, 1.165) is 18.2 Å². The predicted molar refractivity (Wildman–Crippen MR) is 136 cm³/mol. The van der Waals surface area contributed by atoms with Crippen molar-refractivity contribution in [2.75, 3.05) is 22.9 Å². The van der Waals surface area contributed by atoms with Gasteiger partial charge in [0.2, 0.25) is 0 Å². The molecule has 1 aromatic rings. The molecule has 1 aromatic heterocycles. The van der Waals surface area contributed by atoms with E-state index in [0.29, 0.717) is 11.7 Å². The second-order valence-corrected chi connectivity index (χ2v) is 9.49. The van der Waals surface area contributed by atoms with Gasteiger partial charge < -0.3 is 16.4 Å². The molecular formula is C26H49N5. The van der Waals surface area contributed by atoms with Crippen LogP contribution in [-0.4, -0.2) is 22.6 Å². The van der Waals surface area contributed by atoms with E-state index in [2.05, 4.69) is 27.5 Å². The maximum atomic E-state index is 6.31. The molecule has 178 valence electrons. The molecule has 0 aliphatic heterocycles. The molecular weight excluding hydrogens is 382 g/mol. The Kier molecular flexibility index (Phi) is 14.2. The Morgan fingerprint density at radius 2 is 1.26 bits per heavy atom. The Morgan fingerprint density at radius 1 is 0.742 bits per heavy atom. The highest BCUT2D eigenvalue weighted by Crippen LogP contribution is 2.27. The lowest BCUT2D eigenvalue weighted by molar-refractivity contribution is 0.462. The fraction of sp³-hybridized carbons (Fsp3) is 0.846. The molecule has 1 heterocycles. The Balaban J connectivity index is 1.45. The molecule has 1 saturated carbocycles. The molecule has 0 saturated heterocycles. The molecule has 1 fully saturated rings. The number of nitrogens with two attached hydrogens (primary N) is 1. The summed E-state index contributed by atoms with van der Waals surface area (Å²) in [7, 11) is 0. The van der Waals surface area contributed by atoms with Crippen molar-refractivity contribution in [3.05, 3.63) is 6.33 Å². The number of hydrogen-bond acceptors (Lipinski definition) is 5. The molecule has 0 aromatic carbocycles. The van der Waals surface area contributed by atoms with E-state index in [1.165, 1.54) is 122 Å². The Hall–Kier alpha value is -1.52. The Bertz CT molecular complexity index is 557. The number of nitrogens with one attached hydrogen (secondary N) is 2. The van der Waals surface area contributed by atoms with Crippen LogP contribution in [-0.2, 0) is 0 Å². The summed E-state index contributed by atoms with van der Waals surface area (Å²) in [6, 6.07) is 0.504. The van der Waals surface area contributed by atoms with Gasteiger partial charge in [-0.05, 0) is 19.3 Å². The number of unbranched alkanes of at least 4 members (excludes halogenated alkanes) is 13. The molecule has 0 unspecified atom stereocenters. The van der Waals surface area contributed by atoms with E-state index >= 15 is 0 Å². The number of aromatic nitrogens is 2. The second kappa shape index (κ2) is 17.1. The summed E-state index contributed by atoms with van der Waals surface area (Å²) in [5.74, 6) is 1.58. The van der Waals surface area contributed by atoms with Crippen molar-refractivity contribution >= 4 is 17.3 Å². The number of rotatable bonds is 18. The Labute approximate surface area is 191 Å². The van der Waals surface area contributed by atoms with Gasteiger partial charge in [0.05, 0.1) is 0 Å². The second-order valence-electron chi connectivity index (χ2n) is 9.49. The van der Waals surface area contributed by atoms with E-state index in [9.17, 15) is 0 Å². The lowest BCUT2D eigenvalue weighted by Crippen LogP contribution is -2.24. The van der Waals surface area contributed by atoms with Gasteiger partial charge in [-0.15, -0.1) is 0 Å². The van der Waals surface area contributed by atoms with Gasteiger partial charge in [-0.3, -0.25) is 0 Å². The molecule has 1 aliphatic rings. The van der Waals surface area contributed by atoms with Crippen LogP contribution in [0.25, 0.3) is 0 Å². The molecule has 0 atom stereocenters. The zero-order valence-corrected chi connectivity index (χ0v) is 20.3. The van der Waals surface area contributed by atoms with E-state index in [1.807, 2.05) is 0 Å². The highest BCUT2D eigenvalue weighted by Gasteiger charge is 2.16. The van der Waals surface area contributed by atoms with E-state index in [1.54, 1.807) is 6.33 Å². The fourth-order valence-corrected chi connectivity index (χ4v) is 4.62. The van der Waals surface area contributed by atoms with Crippen LogP contribution in [0.3, 0.4) is 0 Å². The first-order valence-corrected chi connectivity index (χ1v) is 13.4. The third kappa shape index (κ3) is 11.6. The summed E-state index contributed by atoms with van der Waals surface area (Å²) >= 11 is 0. The normalized spacial score (nSPS) is 14.6. The minimum Gasteiger partial charge on any atom is -0.393 e. The number of hydrogen-bond donors (Lipinski definition) is 3. The topological polar surface area (TPSA) is 75.9 Å². The minimum absolute atomic E-state index is 0.504. The van der Waals surface area contributed by atoms with Gasteiger partial charge >= 0.3 is 0 Å². The van der Waals surface area contributed by atoms with Crippen LogP contribution in [0.5, 0.6) is 0 Å². The van der Waals surface area contributed by atoms with Crippen molar-refractivity contribution < 1.29 is 0 Å². The van der Waals surface area contributed by atoms with Gasteiger partial charge in [-0.25, -0.2) is 9.97 Å². The Morgan fingerprint density at radius 3 is 1.84 bits per heavy atom. The molecule has 5 nitrogen and oxygen atoms in total. The van der Waals surface area contributed by atoms with Gasteiger partial charge in [-0.1, -0.05) is 110 Å². The van der Waals surface area contributed by atoms with Gasteiger partial charge in [0.25, 0.3) is 0 Å². The first kappa shape index (κ1) is 25.7. The van der Waals surface area contributed by atoms with Crippen LogP contribution in [0.15, 0.2) is 6.33 Å². The third-order valence-corrected chi connectivity index (χ3v) is 6.65. The lowest BCUT2D eigenvalue weighted by Gasteiger charge is -2.24. The van der Waals surface area contributed by atoms with Crippen LogP contribution in [0, 0.1) is 0 Å². The zero-order chi connectivity index (χ0) is 22.0. The van der Waals surface area contributed by atoms with Crippen LogP contribution in [0.4, 0.5) is 17.3 Å². The zero-order valence-electron chi connectivity index (χ0n) is 20.3. The molecule has 5 heteroatoms. The quantitative estimate of drug-likeness (QED) is 0.208. The van der Waals surface area contributed by atoms with Crippen LogP contribution in [0.2, 0.25) is 0 Å². The monoisotopic (exact) mass is 431 g/mol. The van der Waals surface area contributed by atoms with Crippen LogP contribution < -0.4 is 16.4 Å².